The second-order valence-electron chi connectivity index (χ2n) is 9.12. The van der Waals surface area contributed by atoms with Crippen molar-refractivity contribution in [3.8, 4) is 0 Å². The molecular weight excluding hydrogens is 489 g/mol. The number of aromatic nitrogens is 1. The van der Waals surface area contributed by atoms with Crippen LogP contribution in [0.2, 0.25) is 0 Å². The van der Waals surface area contributed by atoms with Crippen molar-refractivity contribution in [1.82, 2.24) is 20.9 Å². The molecule has 1 fully saturated rings. The summed E-state index contributed by atoms with van der Waals surface area (Å²) >= 11 is 0. The smallest absolute Gasteiger partial charge is 0.289 e. The predicted molar refractivity (Wildman–Crippen MR) is 128 cm³/mol. The normalized spacial score (nSPS) is 16.8. The van der Waals surface area contributed by atoms with Crippen molar-refractivity contribution < 1.29 is 32.3 Å². The molecule has 37 heavy (non-hydrogen) atoms. The van der Waals surface area contributed by atoms with E-state index in [2.05, 4.69) is 20.9 Å². The van der Waals surface area contributed by atoms with Gasteiger partial charge in [0.2, 0.25) is 23.5 Å². The SMILES string of the molecule is C[C@@H](NC(=O)C1CCC(F)(F)CC1)C(=O)N[C@H](Cc1ccc(F)cc1)C(=O)C(=O)NCc1ccccn1. The molecule has 1 saturated carbocycles. The summed E-state index contributed by atoms with van der Waals surface area (Å²) in [6.45, 7) is 1.39. The lowest BCUT2D eigenvalue weighted by Gasteiger charge is -2.28. The minimum atomic E-state index is -2.79. The van der Waals surface area contributed by atoms with Gasteiger partial charge in [-0.05, 0) is 49.6 Å². The summed E-state index contributed by atoms with van der Waals surface area (Å²) in [7, 11) is 0. The average molecular weight is 519 g/mol. The van der Waals surface area contributed by atoms with E-state index in [1.807, 2.05) is 0 Å². The van der Waals surface area contributed by atoms with E-state index >= 15 is 0 Å². The van der Waals surface area contributed by atoms with E-state index in [0.717, 1.165) is 0 Å². The van der Waals surface area contributed by atoms with Crippen molar-refractivity contribution in [2.75, 3.05) is 0 Å². The molecule has 0 aliphatic heterocycles. The van der Waals surface area contributed by atoms with Gasteiger partial charge in [-0.3, -0.25) is 24.2 Å². The zero-order valence-corrected chi connectivity index (χ0v) is 20.3. The highest BCUT2D eigenvalue weighted by molar-refractivity contribution is 6.38. The van der Waals surface area contributed by atoms with E-state index in [0.29, 0.717) is 11.3 Å². The monoisotopic (exact) mass is 518 g/mol. The van der Waals surface area contributed by atoms with Crippen molar-refractivity contribution in [3.05, 3.63) is 65.7 Å². The van der Waals surface area contributed by atoms with Crippen LogP contribution in [0.25, 0.3) is 0 Å². The van der Waals surface area contributed by atoms with Gasteiger partial charge in [-0.2, -0.15) is 0 Å². The summed E-state index contributed by atoms with van der Waals surface area (Å²) in [6, 6.07) is 7.95. The molecule has 2 aromatic rings. The molecule has 3 amide bonds. The minimum absolute atomic E-state index is 0.00444. The Morgan fingerprint density at radius 2 is 1.70 bits per heavy atom. The fraction of sp³-hybridized carbons (Fsp3) is 0.423. The Morgan fingerprint density at radius 1 is 1.03 bits per heavy atom. The van der Waals surface area contributed by atoms with Gasteiger partial charge in [0, 0.05) is 31.4 Å². The fourth-order valence-corrected chi connectivity index (χ4v) is 3.98. The summed E-state index contributed by atoms with van der Waals surface area (Å²) in [5, 5.41) is 7.45. The maximum Gasteiger partial charge on any atom is 0.289 e. The van der Waals surface area contributed by atoms with Gasteiger partial charge < -0.3 is 16.0 Å². The van der Waals surface area contributed by atoms with Gasteiger partial charge in [0.15, 0.2) is 0 Å². The standard InChI is InChI=1S/C26H29F3N4O4/c1-16(32-24(36)18-9-11-26(28,29)12-10-18)23(35)33-21(14-17-5-7-19(27)8-6-17)22(34)25(37)31-15-20-4-2-3-13-30-20/h2-8,13,16,18,21H,9-12,14-15H2,1H3,(H,31,37)(H,32,36)(H,33,35)/t16-,21-/m1/s1. The lowest BCUT2D eigenvalue weighted by atomic mass is 9.86. The van der Waals surface area contributed by atoms with Gasteiger partial charge in [0.25, 0.3) is 5.91 Å². The van der Waals surface area contributed by atoms with Gasteiger partial charge >= 0.3 is 0 Å². The molecule has 8 nitrogen and oxygen atoms in total. The van der Waals surface area contributed by atoms with Crippen LogP contribution in [0.15, 0.2) is 48.7 Å². The van der Waals surface area contributed by atoms with Gasteiger partial charge in [0.1, 0.15) is 17.9 Å². The number of nitrogens with zero attached hydrogens (tertiary/aromatic N) is 1. The first-order chi connectivity index (χ1) is 17.5. The predicted octanol–water partition coefficient (Wildman–Crippen LogP) is 2.46. The molecule has 11 heteroatoms. The molecule has 0 spiro atoms. The zero-order valence-electron chi connectivity index (χ0n) is 20.3. The molecule has 198 valence electrons. The quantitative estimate of drug-likeness (QED) is 0.418. The number of rotatable bonds is 10. The third-order valence-electron chi connectivity index (χ3n) is 6.21. The molecule has 1 aromatic heterocycles. The molecule has 0 saturated heterocycles. The summed E-state index contributed by atoms with van der Waals surface area (Å²) < 4.78 is 40.1. The van der Waals surface area contributed by atoms with Crippen molar-refractivity contribution in [1.29, 1.82) is 0 Å². The van der Waals surface area contributed by atoms with Crippen molar-refractivity contribution in [3.63, 3.8) is 0 Å². The van der Waals surface area contributed by atoms with Gasteiger partial charge in [-0.15, -0.1) is 0 Å². The Kier molecular flexibility index (Phi) is 9.37. The minimum Gasteiger partial charge on any atom is -0.344 e. The highest BCUT2D eigenvalue weighted by Gasteiger charge is 2.38. The molecule has 3 rings (SSSR count). The molecule has 0 unspecified atom stereocenters. The van der Waals surface area contributed by atoms with Gasteiger partial charge in [-0.25, -0.2) is 13.2 Å². The highest BCUT2D eigenvalue weighted by atomic mass is 19.3. The zero-order chi connectivity index (χ0) is 27.0. The van der Waals surface area contributed by atoms with Crippen LogP contribution < -0.4 is 16.0 Å². The van der Waals surface area contributed by atoms with E-state index in [1.165, 1.54) is 37.4 Å². The second kappa shape index (κ2) is 12.5. The van der Waals surface area contributed by atoms with Gasteiger partial charge in [-0.1, -0.05) is 18.2 Å². The van der Waals surface area contributed by atoms with Crippen molar-refractivity contribution in [2.24, 2.45) is 5.92 Å². The van der Waals surface area contributed by atoms with E-state index in [1.54, 1.807) is 18.2 Å². The topological polar surface area (TPSA) is 117 Å². The number of halogens is 3. The molecule has 3 N–H and O–H groups in total. The van der Waals surface area contributed by atoms with Crippen molar-refractivity contribution in [2.45, 2.75) is 63.6 Å². The summed E-state index contributed by atoms with van der Waals surface area (Å²) in [6.07, 6.45) is 0.668. The number of ketones is 1. The summed E-state index contributed by atoms with van der Waals surface area (Å²) in [4.78, 5) is 54.9. The van der Waals surface area contributed by atoms with Gasteiger partial charge in [0.05, 0.1) is 12.2 Å². The fourth-order valence-electron chi connectivity index (χ4n) is 3.98. The number of hydrogen-bond acceptors (Lipinski definition) is 5. The number of Topliss-reactive ketones (excluding diaryl/α,β-unsaturated/α-hetero) is 1. The Hall–Kier alpha value is -3.76. The summed E-state index contributed by atoms with van der Waals surface area (Å²) in [5.41, 5.74) is 1.02. The Morgan fingerprint density at radius 3 is 2.32 bits per heavy atom. The lowest BCUT2D eigenvalue weighted by Crippen LogP contribution is -2.54. The maximum absolute atomic E-state index is 13.4. The van der Waals surface area contributed by atoms with Crippen molar-refractivity contribution >= 4 is 23.5 Å². The number of hydrogen-bond donors (Lipinski definition) is 3. The molecule has 1 heterocycles. The van der Waals surface area contributed by atoms with E-state index in [9.17, 15) is 32.3 Å². The number of nitrogens with one attached hydrogen (secondary N) is 3. The summed E-state index contributed by atoms with van der Waals surface area (Å²) in [5.74, 6) is -7.03. The van der Waals surface area contributed by atoms with Crippen LogP contribution in [0.5, 0.6) is 0 Å². The van der Waals surface area contributed by atoms with Crippen LogP contribution >= 0.6 is 0 Å². The number of benzene rings is 1. The van der Waals surface area contributed by atoms with E-state index < -0.39 is 66.1 Å². The van der Waals surface area contributed by atoms with Crippen LogP contribution in [-0.4, -0.2) is 46.5 Å². The second-order valence-corrected chi connectivity index (χ2v) is 9.12. The Bertz CT molecular complexity index is 1100. The maximum atomic E-state index is 13.4. The van der Waals surface area contributed by atoms with Crippen LogP contribution in [-0.2, 0) is 32.1 Å². The number of carbonyl (C=O) groups excluding carboxylic acids is 4. The van der Waals surface area contributed by atoms with E-state index in [-0.39, 0.29) is 25.8 Å². The Balaban J connectivity index is 1.63. The number of amides is 3. The molecular formula is C26H29F3N4O4. The molecule has 2 atom stereocenters. The molecule has 1 aromatic carbocycles. The largest absolute Gasteiger partial charge is 0.344 e. The first-order valence-corrected chi connectivity index (χ1v) is 12.0. The first-order valence-electron chi connectivity index (χ1n) is 12.0. The van der Waals surface area contributed by atoms with Crippen LogP contribution in [0.1, 0.15) is 43.9 Å². The van der Waals surface area contributed by atoms with Crippen LogP contribution in [0.3, 0.4) is 0 Å². The molecule has 0 bridgehead atoms. The average Bonchev–Trinajstić information content (AvgIpc) is 2.88. The highest BCUT2D eigenvalue weighted by Crippen LogP contribution is 2.36. The van der Waals surface area contributed by atoms with E-state index in [4.69, 9.17) is 0 Å². The molecule has 1 aliphatic rings. The first kappa shape index (κ1) is 27.8. The molecule has 1 aliphatic carbocycles. The van der Waals surface area contributed by atoms with Crippen LogP contribution in [0.4, 0.5) is 13.2 Å². The third kappa shape index (κ3) is 8.40. The number of carbonyl (C=O) groups is 4. The number of alkyl halides is 2. The number of pyridine rings is 1. The third-order valence-corrected chi connectivity index (χ3v) is 6.21. The molecule has 0 radical (unpaired) electrons. The Labute approximate surface area is 212 Å². The lowest BCUT2D eigenvalue weighted by molar-refractivity contribution is -0.140. The van der Waals surface area contributed by atoms with Crippen LogP contribution in [0, 0.1) is 11.7 Å².